The average Bonchev–Trinajstić information content (AvgIpc) is 2.95. The fourth-order valence-electron chi connectivity index (χ4n) is 3.90. The number of aromatic nitrogens is 2. The molecule has 7 heteroatoms. The Bertz CT molecular complexity index is 580. The second kappa shape index (κ2) is 6.41. The first-order chi connectivity index (χ1) is 11.0. The Labute approximate surface area is 136 Å². The number of ether oxygens (including phenoxy) is 1. The van der Waals surface area contributed by atoms with Crippen molar-refractivity contribution in [3.63, 3.8) is 0 Å². The molecule has 23 heavy (non-hydrogen) atoms. The molecule has 2 heterocycles. The number of likely N-dealkylation sites (N-methyl/N-ethyl adjacent to an activating group) is 1. The van der Waals surface area contributed by atoms with Crippen molar-refractivity contribution < 1.29 is 14.6 Å². The third-order valence-corrected chi connectivity index (χ3v) is 5.12. The summed E-state index contributed by atoms with van der Waals surface area (Å²) in [6, 6.07) is 0.164. The molecular weight excluding hydrogens is 296 g/mol. The van der Waals surface area contributed by atoms with Crippen LogP contribution in [0.25, 0.3) is 0 Å². The Balaban J connectivity index is 1.73. The zero-order valence-electron chi connectivity index (χ0n) is 13.8. The van der Waals surface area contributed by atoms with E-state index in [1.54, 1.807) is 0 Å². The number of carbonyl (C=O) groups excluding carboxylic acids is 1. The fraction of sp³-hybridized carbons (Fsp3) is 0.688. The Hall–Kier alpha value is -1.73. The average molecular weight is 320 g/mol. The van der Waals surface area contributed by atoms with E-state index in [-0.39, 0.29) is 29.6 Å². The van der Waals surface area contributed by atoms with Crippen LogP contribution in [-0.4, -0.2) is 77.2 Å². The van der Waals surface area contributed by atoms with Crippen LogP contribution in [-0.2, 0) is 0 Å². The minimum Gasteiger partial charge on any atom is -0.479 e. The van der Waals surface area contributed by atoms with Gasteiger partial charge < -0.3 is 19.6 Å². The molecule has 1 aliphatic carbocycles. The maximum Gasteiger partial charge on any atom is 0.278 e. The van der Waals surface area contributed by atoms with Crippen LogP contribution < -0.4 is 4.74 Å². The van der Waals surface area contributed by atoms with Crippen LogP contribution in [0.4, 0.5) is 0 Å². The third kappa shape index (κ3) is 3.03. The lowest BCUT2D eigenvalue weighted by Gasteiger charge is -2.38. The zero-order valence-corrected chi connectivity index (χ0v) is 13.8. The molecular formula is C16H24N4O3. The maximum absolute atomic E-state index is 12.7. The van der Waals surface area contributed by atoms with Crippen LogP contribution in [0, 0.1) is 11.8 Å². The molecule has 1 aliphatic heterocycles. The Kier molecular flexibility index (Phi) is 4.50. The van der Waals surface area contributed by atoms with Gasteiger partial charge in [0.15, 0.2) is 5.69 Å². The predicted octanol–water partition coefficient (Wildman–Crippen LogP) is 0.258. The van der Waals surface area contributed by atoms with Crippen molar-refractivity contribution in [2.24, 2.45) is 11.8 Å². The molecule has 4 atom stereocenters. The molecule has 0 radical (unpaired) electrons. The van der Waals surface area contributed by atoms with Crippen molar-refractivity contribution in [1.82, 2.24) is 19.8 Å². The van der Waals surface area contributed by atoms with E-state index in [4.69, 9.17) is 4.74 Å². The molecule has 1 aromatic rings. The number of methoxy groups -OCH3 is 1. The number of fused-ring (bicyclic) bond motifs is 1. The summed E-state index contributed by atoms with van der Waals surface area (Å²) in [5, 5.41) is 10.3. The van der Waals surface area contributed by atoms with Gasteiger partial charge in [-0.15, -0.1) is 0 Å². The van der Waals surface area contributed by atoms with E-state index < -0.39 is 0 Å². The molecule has 0 aromatic carbocycles. The Morgan fingerprint density at radius 3 is 2.57 bits per heavy atom. The van der Waals surface area contributed by atoms with E-state index in [2.05, 4.69) is 14.9 Å². The van der Waals surface area contributed by atoms with E-state index in [1.165, 1.54) is 19.5 Å². The number of hydrogen-bond donors (Lipinski definition) is 1. The SMILES string of the molecule is COc1nccnc1C(=O)N1C[C@H]2C[C@@H](N(C)C)[C@H](O)C[C@H]2C1. The predicted molar refractivity (Wildman–Crippen MR) is 84.2 cm³/mol. The van der Waals surface area contributed by atoms with Crippen LogP contribution in [0.1, 0.15) is 23.3 Å². The minimum absolute atomic E-state index is 0.139. The number of likely N-dealkylation sites (tertiary alicyclic amines) is 1. The molecule has 0 spiro atoms. The lowest BCUT2D eigenvalue weighted by atomic mass is 9.77. The van der Waals surface area contributed by atoms with Gasteiger partial charge in [-0.2, -0.15) is 0 Å². The fourth-order valence-corrected chi connectivity index (χ4v) is 3.90. The molecule has 7 nitrogen and oxygen atoms in total. The normalized spacial score (nSPS) is 30.4. The van der Waals surface area contributed by atoms with Crippen molar-refractivity contribution in [3.8, 4) is 5.88 Å². The van der Waals surface area contributed by atoms with Crippen molar-refractivity contribution >= 4 is 5.91 Å². The van der Waals surface area contributed by atoms with E-state index >= 15 is 0 Å². The highest BCUT2D eigenvalue weighted by molar-refractivity contribution is 5.94. The topological polar surface area (TPSA) is 78.8 Å². The molecule has 1 amide bonds. The van der Waals surface area contributed by atoms with Gasteiger partial charge in [-0.25, -0.2) is 9.97 Å². The molecule has 3 rings (SSSR count). The van der Waals surface area contributed by atoms with Crippen LogP contribution in [0.3, 0.4) is 0 Å². The summed E-state index contributed by atoms with van der Waals surface area (Å²) in [4.78, 5) is 24.8. The lowest BCUT2D eigenvalue weighted by molar-refractivity contribution is 0.00940. The number of aliphatic hydroxyl groups is 1. The standard InChI is InChI=1S/C16H24N4O3/c1-19(2)12-6-10-8-20(9-11(10)7-13(12)21)16(22)14-15(23-3)18-5-4-17-14/h4-5,10-13,21H,6-9H2,1-3H3/t10-,11+,12-,13-/m1/s1. The van der Waals surface area contributed by atoms with Gasteiger partial charge in [0.1, 0.15) is 0 Å². The largest absolute Gasteiger partial charge is 0.479 e. The van der Waals surface area contributed by atoms with E-state index in [0.717, 1.165) is 12.8 Å². The molecule has 2 fully saturated rings. The summed E-state index contributed by atoms with van der Waals surface area (Å²) in [6.45, 7) is 1.38. The van der Waals surface area contributed by atoms with Gasteiger partial charge >= 0.3 is 0 Å². The Morgan fingerprint density at radius 1 is 1.26 bits per heavy atom. The highest BCUT2D eigenvalue weighted by Crippen LogP contribution is 2.38. The monoisotopic (exact) mass is 320 g/mol. The van der Waals surface area contributed by atoms with E-state index in [1.807, 2.05) is 19.0 Å². The van der Waals surface area contributed by atoms with Gasteiger partial charge in [-0.1, -0.05) is 0 Å². The summed E-state index contributed by atoms with van der Waals surface area (Å²) < 4.78 is 5.14. The summed E-state index contributed by atoms with van der Waals surface area (Å²) in [5.74, 6) is 0.907. The van der Waals surface area contributed by atoms with Crippen molar-refractivity contribution in [2.75, 3.05) is 34.3 Å². The minimum atomic E-state index is -0.327. The lowest BCUT2D eigenvalue weighted by Crippen LogP contribution is -2.46. The quantitative estimate of drug-likeness (QED) is 0.860. The van der Waals surface area contributed by atoms with Gasteiger partial charge in [0.2, 0.25) is 5.88 Å². The number of nitrogens with zero attached hydrogens (tertiary/aromatic N) is 4. The third-order valence-electron chi connectivity index (χ3n) is 5.12. The first kappa shape index (κ1) is 16.1. The summed E-state index contributed by atoms with van der Waals surface area (Å²) in [5.41, 5.74) is 0.262. The van der Waals surface area contributed by atoms with Crippen LogP contribution in [0.5, 0.6) is 5.88 Å². The number of hydrogen-bond acceptors (Lipinski definition) is 6. The first-order valence-corrected chi connectivity index (χ1v) is 8.00. The van der Waals surface area contributed by atoms with Crippen LogP contribution in [0.15, 0.2) is 12.4 Å². The zero-order chi connectivity index (χ0) is 16.6. The molecule has 0 unspecified atom stereocenters. The van der Waals surface area contributed by atoms with Gasteiger partial charge in [0, 0.05) is 31.5 Å². The summed E-state index contributed by atoms with van der Waals surface area (Å²) >= 11 is 0. The van der Waals surface area contributed by atoms with Crippen LogP contribution in [0.2, 0.25) is 0 Å². The van der Waals surface area contributed by atoms with Gasteiger partial charge in [-0.05, 0) is 38.8 Å². The maximum atomic E-state index is 12.7. The summed E-state index contributed by atoms with van der Waals surface area (Å²) in [7, 11) is 5.48. The smallest absolute Gasteiger partial charge is 0.278 e. The highest BCUT2D eigenvalue weighted by Gasteiger charge is 2.44. The van der Waals surface area contributed by atoms with E-state index in [0.29, 0.717) is 24.9 Å². The Morgan fingerprint density at radius 2 is 1.91 bits per heavy atom. The van der Waals surface area contributed by atoms with E-state index in [9.17, 15) is 9.90 Å². The van der Waals surface area contributed by atoms with Gasteiger partial charge in [0.25, 0.3) is 5.91 Å². The molecule has 1 saturated carbocycles. The van der Waals surface area contributed by atoms with Crippen molar-refractivity contribution in [1.29, 1.82) is 0 Å². The first-order valence-electron chi connectivity index (χ1n) is 8.00. The molecule has 0 bridgehead atoms. The van der Waals surface area contributed by atoms with Gasteiger partial charge in [0.05, 0.1) is 13.2 Å². The van der Waals surface area contributed by atoms with Crippen molar-refractivity contribution in [3.05, 3.63) is 18.1 Å². The summed E-state index contributed by atoms with van der Waals surface area (Å²) in [6.07, 6.45) is 4.35. The number of rotatable bonds is 3. The number of amides is 1. The van der Waals surface area contributed by atoms with Gasteiger partial charge in [-0.3, -0.25) is 4.79 Å². The molecule has 1 saturated heterocycles. The molecule has 126 valence electrons. The molecule has 1 N–H and O–H groups in total. The van der Waals surface area contributed by atoms with Crippen LogP contribution >= 0.6 is 0 Å². The second-order valence-corrected chi connectivity index (χ2v) is 6.71. The molecule has 1 aromatic heterocycles. The second-order valence-electron chi connectivity index (χ2n) is 6.71. The highest BCUT2D eigenvalue weighted by atomic mass is 16.5. The number of carbonyl (C=O) groups is 1. The molecule has 2 aliphatic rings. The number of aliphatic hydroxyl groups excluding tert-OH is 1. The van der Waals surface area contributed by atoms with Crippen molar-refractivity contribution in [2.45, 2.75) is 25.0 Å².